The van der Waals surface area contributed by atoms with Gasteiger partial charge < -0.3 is 25.2 Å². The van der Waals surface area contributed by atoms with E-state index in [0.717, 1.165) is 5.69 Å². The van der Waals surface area contributed by atoms with Crippen LogP contribution < -0.4 is 15.5 Å². The summed E-state index contributed by atoms with van der Waals surface area (Å²) in [6.07, 6.45) is 1.14. The van der Waals surface area contributed by atoms with Crippen LogP contribution in [0.2, 0.25) is 0 Å². The molecule has 1 heterocycles. The van der Waals surface area contributed by atoms with Crippen molar-refractivity contribution >= 4 is 23.6 Å². The van der Waals surface area contributed by atoms with Crippen molar-refractivity contribution in [2.75, 3.05) is 38.6 Å². The van der Waals surface area contributed by atoms with Gasteiger partial charge in [0.25, 0.3) is 5.91 Å². The van der Waals surface area contributed by atoms with Gasteiger partial charge in [-0.2, -0.15) is 0 Å². The lowest BCUT2D eigenvalue weighted by Gasteiger charge is -2.32. The number of anilines is 1. The van der Waals surface area contributed by atoms with Gasteiger partial charge in [-0.3, -0.25) is 9.59 Å². The van der Waals surface area contributed by atoms with Gasteiger partial charge in [-0.25, -0.2) is 4.79 Å². The van der Waals surface area contributed by atoms with Gasteiger partial charge in [0.15, 0.2) is 0 Å². The number of nitrogens with zero attached hydrogens (tertiary/aromatic N) is 2. The van der Waals surface area contributed by atoms with E-state index < -0.39 is 11.7 Å². The zero-order chi connectivity index (χ0) is 22.3. The van der Waals surface area contributed by atoms with Gasteiger partial charge in [0, 0.05) is 57.4 Å². The number of benzene rings is 1. The van der Waals surface area contributed by atoms with Gasteiger partial charge in [0.05, 0.1) is 0 Å². The first kappa shape index (κ1) is 23.5. The molecule has 1 aromatic rings. The predicted octanol–water partition coefficient (Wildman–Crippen LogP) is 2.39. The fraction of sp³-hybridized carbons (Fsp3) is 0.591. The molecule has 2 N–H and O–H groups in total. The first-order valence-corrected chi connectivity index (χ1v) is 10.4. The van der Waals surface area contributed by atoms with E-state index in [1.807, 2.05) is 43.3 Å². The van der Waals surface area contributed by atoms with Crippen LogP contribution in [-0.2, 0) is 9.53 Å². The minimum Gasteiger partial charge on any atom is -0.444 e. The largest absolute Gasteiger partial charge is 0.444 e. The molecule has 0 atom stereocenters. The number of alkyl carbamates (subject to hydrolysis) is 1. The standard InChI is InChI=1S/C22H34N4O4/c1-22(2,3)30-21(29)23-13-10-19(27)26-14-11-17(12-15-26)24-20(28)16-6-8-18(9-7-16)25(4)5/h6-9,17H,10-15H2,1-5H3,(H,23,29)(H,24,28). The van der Waals surface area contributed by atoms with E-state index >= 15 is 0 Å². The van der Waals surface area contributed by atoms with Gasteiger partial charge >= 0.3 is 6.09 Å². The van der Waals surface area contributed by atoms with Crippen molar-refractivity contribution in [1.82, 2.24) is 15.5 Å². The number of nitrogens with one attached hydrogen (secondary N) is 2. The third-order valence-electron chi connectivity index (χ3n) is 4.84. The minimum atomic E-state index is -0.561. The van der Waals surface area contributed by atoms with Crippen LogP contribution in [0.25, 0.3) is 0 Å². The first-order valence-electron chi connectivity index (χ1n) is 10.4. The lowest BCUT2D eigenvalue weighted by Crippen LogP contribution is -2.47. The minimum absolute atomic E-state index is 0.00453. The molecule has 0 radical (unpaired) electrons. The maximum absolute atomic E-state index is 12.5. The number of hydrogen-bond acceptors (Lipinski definition) is 5. The van der Waals surface area contributed by atoms with Gasteiger partial charge in [-0.15, -0.1) is 0 Å². The summed E-state index contributed by atoms with van der Waals surface area (Å²) in [6.45, 7) is 6.80. The molecule has 0 aromatic heterocycles. The normalized spacial score (nSPS) is 14.8. The molecule has 1 aliphatic rings. The van der Waals surface area contributed by atoms with Gasteiger partial charge in [-0.05, 0) is 57.9 Å². The highest BCUT2D eigenvalue weighted by atomic mass is 16.6. The summed E-state index contributed by atoms with van der Waals surface area (Å²) in [4.78, 5) is 40.2. The molecule has 0 spiro atoms. The van der Waals surface area contributed by atoms with Crippen molar-refractivity contribution in [3.05, 3.63) is 29.8 Å². The van der Waals surface area contributed by atoms with Crippen LogP contribution in [0.3, 0.4) is 0 Å². The molecular formula is C22H34N4O4. The van der Waals surface area contributed by atoms with Crippen LogP contribution in [-0.4, -0.2) is 68.2 Å². The van der Waals surface area contributed by atoms with Crippen LogP contribution in [0.1, 0.15) is 50.4 Å². The number of carbonyl (C=O) groups is 3. The summed E-state index contributed by atoms with van der Waals surface area (Å²) in [5.41, 5.74) is 1.11. The van der Waals surface area contributed by atoms with E-state index in [2.05, 4.69) is 10.6 Å². The van der Waals surface area contributed by atoms with Gasteiger partial charge in [0.1, 0.15) is 5.60 Å². The highest BCUT2D eigenvalue weighted by Gasteiger charge is 2.24. The molecular weight excluding hydrogens is 384 g/mol. The van der Waals surface area contributed by atoms with Crippen molar-refractivity contribution in [2.24, 2.45) is 0 Å². The zero-order valence-corrected chi connectivity index (χ0v) is 18.7. The van der Waals surface area contributed by atoms with E-state index in [9.17, 15) is 14.4 Å². The number of hydrogen-bond donors (Lipinski definition) is 2. The van der Waals surface area contributed by atoms with Crippen LogP contribution in [0.4, 0.5) is 10.5 Å². The summed E-state index contributed by atoms with van der Waals surface area (Å²) in [5.74, 6) is -0.0956. The fourth-order valence-electron chi connectivity index (χ4n) is 3.20. The lowest BCUT2D eigenvalue weighted by molar-refractivity contribution is -0.132. The fourth-order valence-corrected chi connectivity index (χ4v) is 3.20. The van der Waals surface area contributed by atoms with Crippen molar-refractivity contribution in [2.45, 2.75) is 51.7 Å². The Balaban J connectivity index is 1.70. The summed E-state index contributed by atoms with van der Waals surface area (Å²) in [5, 5.41) is 5.66. The Hall–Kier alpha value is -2.77. The number of likely N-dealkylation sites (tertiary alicyclic amines) is 1. The summed E-state index contributed by atoms with van der Waals surface area (Å²) in [6, 6.07) is 7.53. The van der Waals surface area contributed by atoms with Crippen molar-refractivity contribution in [3.8, 4) is 0 Å². The molecule has 0 aliphatic carbocycles. The Morgan fingerprint density at radius 3 is 2.23 bits per heavy atom. The molecule has 1 aliphatic heterocycles. The summed E-state index contributed by atoms with van der Waals surface area (Å²) < 4.78 is 5.15. The number of amides is 3. The summed E-state index contributed by atoms with van der Waals surface area (Å²) >= 11 is 0. The Bertz CT molecular complexity index is 732. The van der Waals surface area contributed by atoms with Crippen molar-refractivity contribution in [3.63, 3.8) is 0 Å². The topological polar surface area (TPSA) is 91.0 Å². The van der Waals surface area contributed by atoms with Crippen LogP contribution in [0.15, 0.2) is 24.3 Å². The summed E-state index contributed by atoms with van der Waals surface area (Å²) in [7, 11) is 3.91. The molecule has 1 fully saturated rings. The Morgan fingerprint density at radius 2 is 1.70 bits per heavy atom. The molecule has 1 saturated heterocycles. The number of piperidine rings is 1. The van der Waals surface area contributed by atoms with E-state index in [1.165, 1.54) is 0 Å². The van der Waals surface area contributed by atoms with E-state index in [0.29, 0.717) is 31.5 Å². The second-order valence-corrected chi connectivity index (χ2v) is 8.75. The van der Waals surface area contributed by atoms with E-state index in [-0.39, 0.29) is 30.8 Å². The Kier molecular flexibility index (Phi) is 8.08. The molecule has 0 unspecified atom stereocenters. The lowest BCUT2D eigenvalue weighted by atomic mass is 10.0. The van der Waals surface area contributed by atoms with E-state index in [4.69, 9.17) is 4.74 Å². The number of rotatable bonds is 6. The molecule has 8 nitrogen and oxygen atoms in total. The van der Waals surface area contributed by atoms with Gasteiger partial charge in [-0.1, -0.05) is 0 Å². The molecule has 2 rings (SSSR count). The number of carbonyl (C=O) groups excluding carboxylic acids is 3. The third kappa shape index (κ3) is 7.57. The number of ether oxygens (including phenoxy) is 1. The van der Waals surface area contributed by atoms with Crippen LogP contribution in [0.5, 0.6) is 0 Å². The van der Waals surface area contributed by atoms with Crippen molar-refractivity contribution in [1.29, 1.82) is 0 Å². The SMILES string of the molecule is CN(C)c1ccc(C(=O)NC2CCN(C(=O)CCNC(=O)OC(C)(C)C)CC2)cc1. The van der Waals surface area contributed by atoms with Crippen LogP contribution >= 0.6 is 0 Å². The smallest absolute Gasteiger partial charge is 0.407 e. The maximum Gasteiger partial charge on any atom is 0.407 e. The molecule has 1 aromatic carbocycles. The van der Waals surface area contributed by atoms with Gasteiger partial charge in [0.2, 0.25) is 5.91 Å². The van der Waals surface area contributed by atoms with Crippen molar-refractivity contribution < 1.29 is 19.1 Å². The first-order chi connectivity index (χ1) is 14.0. The Labute approximate surface area is 178 Å². The maximum atomic E-state index is 12.5. The Morgan fingerprint density at radius 1 is 1.10 bits per heavy atom. The highest BCUT2D eigenvalue weighted by molar-refractivity contribution is 5.94. The van der Waals surface area contributed by atoms with E-state index in [1.54, 1.807) is 25.7 Å². The second-order valence-electron chi connectivity index (χ2n) is 8.75. The molecule has 30 heavy (non-hydrogen) atoms. The molecule has 0 bridgehead atoms. The molecule has 0 saturated carbocycles. The average molecular weight is 419 g/mol. The average Bonchev–Trinajstić information content (AvgIpc) is 2.67. The molecule has 8 heteroatoms. The quantitative estimate of drug-likeness (QED) is 0.740. The third-order valence-corrected chi connectivity index (χ3v) is 4.84. The van der Waals surface area contributed by atoms with Crippen LogP contribution in [0, 0.1) is 0 Å². The highest BCUT2D eigenvalue weighted by Crippen LogP contribution is 2.15. The monoisotopic (exact) mass is 418 g/mol. The zero-order valence-electron chi connectivity index (χ0n) is 18.7. The molecule has 166 valence electrons. The molecule has 3 amide bonds. The predicted molar refractivity (Wildman–Crippen MR) is 117 cm³/mol. The second kappa shape index (κ2) is 10.3.